The summed E-state index contributed by atoms with van der Waals surface area (Å²) in [5.41, 5.74) is 0. The van der Waals surface area contributed by atoms with Gasteiger partial charge in [-0.1, -0.05) is 310 Å². The molecule has 1 atom stereocenters. The molecule has 0 heterocycles. The van der Waals surface area contributed by atoms with Crippen molar-refractivity contribution in [1.82, 2.24) is 0 Å². The summed E-state index contributed by atoms with van der Waals surface area (Å²) in [6.07, 6.45) is 63.0. The van der Waals surface area contributed by atoms with Gasteiger partial charge in [-0.15, -0.1) is 0 Å². The van der Waals surface area contributed by atoms with Crippen molar-refractivity contribution in [3.05, 3.63) is 0 Å². The molecule has 0 amide bonds. The molecule has 0 aromatic carbocycles. The standard InChI is InChI=1S/C60H116O6/c1-4-7-10-13-15-17-19-21-23-25-26-27-28-29-30-31-32-33-35-36-38-40-42-44-47-50-53-59(62)65-56-57(55-64-58(61)52-49-46-12-9-6-3)66-60(63)54-51-48-45-43-41-39-37-34-24-22-20-18-16-14-11-8-5-2/h57H,4-56H2,1-3H3. The molecule has 6 nitrogen and oxygen atoms in total. The second kappa shape index (κ2) is 56.0. The zero-order valence-corrected chi connectivity index (χ0v) is 45.0. The molecule has 0 aromatic heterocycles. The normalized spacial score (nSPS) is 11.9. The van der Waals surface area contributed by atoms with E-state index < -0.39 is 6.10 Å². The van der Waals surface area contributed by atoms with Gasteiger partial charge in [-0.2, -0.15) is 0 Å². The van der Waals surface area contributed by atoms with E-state index >= 15 is 0 Å². The smallest absolute Gasteiger partial charge is 0.306 e. The first-order valence-corrected chi connectivity index (χ1v) is 30.0. The average Bonchev–Trinajstić information content (AvgIpc) is 3.31. The Hall–Kier alpha value is -1.59. The Kier molecular flexibility index (Phi) is 54.7. The molecule has 0 aliphatic heterocycles. The maximum atomic E-state index is 12.8. The van der Waals surface area contributed by atoms with Gasteiger partial charge in [-0.05, 0) is 19.3 Å². The van der Waals surface area contributed by atoms with E-state index in [4.69, 9.17) is 14.2 Å². The molecule has 0 spiro atoms. The highest BCUT2D eigenvalue weighted by Gasteiger charge is 2.19. The van der Waals surface area contributed by atoms with Crippen molar-refractivity contribution >= 4 is 17.9 Å². The highest BCUT2D eigenvalue weighted by Crippen LogP contribution is 2.18. The molecule has 0 aliphatic carbocycles. The fraction of sp³-hybridized carbons (Fsp3) is 0.950. The lowest BCUT2D eigenvalue weighted by Gasteiger charge is -2.18. The number of carbonyl (C=O) groups excluding carboxylic acids is 3. The van der Waals surface area contributed by atoms with Crippen LogP contribution in [0.1, 0.15) is 348 Å². The van der Waals surface area contributed by atoms with Crippen LogP contribution in [-0.2, 0) is 28.6 Å². The van der Waals surface area contributed by atoms with Gasteiger partial charge < -0.3 is 14.2 Å². The van der Waals surface area contributed by atoms with Crippen molar-refractivity contribution in [3.8, 4) is 0 Å². The lowest BCUT2D eigenvalue weighted by atomic mass is 10.0. The molecular weight excluding hydrogens is 817 g/mol. The minimum absolute atomic E-state index is 0.0626. The Morgan fingerprint density at radius 2 is 0.409 bits per heavy atom. The van der Waals surface area contributed by atoms with Crippen LogP contribution in [0.15, 0.2) is 0 Å². The molecule has 392 valence electrons. The van der Waals surface area contributed by atoms with E-state index in [0.717, 1.165) is 64.2 Å². The van der Waals surface area contributed by atoms with Crippen molar-refractivity contribution in [2.45, 2.75) is 354 Å². The van der Waals surface area contributed by atoms with E-state index in [2.05, 4.69) is 20.8 Å². The van der Waals surface area contributed by atoms with E-state index in [0.29, 0.717) is 19.3 Å². The maximum absolute atomic E-state index is 12.8. The molecule has 0 aromatic rings. The van der Waals surface area contributed by atoms with Crippen LogP contribution in [0, 0.1) is 0 Å². The molecule has 1 unspecified atom stereocenters. The van der Waals surface area contributed by atoms with Gasteiger partial charge in [0.25, 0.3) is 0 Å². The van der Waals surface area contributed by atoms with Gasteiger partial charge >= 0.3 is 17.9 Å². The summed E-state index contributed by atoms with van der Waals surface area (Å²) in [6.45, 7) is 6.63. The Morgan fingerprint density at radius 3 is 0.606 bits per heavy atom. The summed E-state index contributed by atoms with van der Waals surface area (Å²) < 4.78 is 16.7. The Balaban J connectivity index is 3.95. The molecule has 66 heavy (non-hydrogen) atoms. The number of unbranched alkanes of at least 4 members (excludes halogenated alkanes) is 45. The minimum Gasteiger partial charge on any atom is -0.462 e. The van der Waals surface area contributed by atoms with Crippen LogP contribution in [-0.4, -0.2) is 37.2 Å². The molecule has 0 aliphatic rings. The zero-order chi connectivity index (χ0) is 47.9. The molecular formula is C60H116O6. The fourth-order valence-corrected chi connectivity index (χ4v) is 9.33. The van der Waals surface area contributed by atoms with Gasteiger partial charge in [0.05, 0.1) is 0 Å². The van der Waals surface area contributed by atoms with Crippen molar-refractivity contribution in [2.75, 3.05) is 13.2 Å². The van der Waals surface area contributed by atoms with Crippen LogP contribution in [0.2, 0.25) is 0 Å². The van der Waals surface area contributed by atoms with E-state index in [1.54, 1.807) is 0 Å². The number of esters is 3. The molecule has 0 saturated carbocycles. The number of hydrogen-bond donors (Lipinski definition) is 0. The fourth-order valence-electron chi connectivity index (χ4n) is 9.33. The number of carbonyl (C=O) groups is 3. The lowest BCUT2D eigenvalue weighted by Crippen LogP contribution is -2.30. The Morgan fingerprint density at radius 1 is 0.242 bits per heavy atom. The van der Waals surface area contributed by atoms with E-state index in [-0.39, 0.29) is 31.1 Å². The summed E-state index contributed by atoms with van der Waals surface area (Å²) in [4.78, 5) is 37.8. The average molecular weight is 934 g/mol. The van der Waals surface area contributed by atoms with E-state index in [9.17, 15) is 14.4 Å². The highest BCUT2D eigenvalue weighted by molar-refractivity contribution is 5.71. The number of hydrogen-bond acceptors (Lipinski definition) is 6. The summed E-state index contributed by atoms with van der Waals surface area (Å²) in [5.74, 6) is -0.851. The van der Waals surface area contributed by atoms with Crippen molar-refractivity contribution in [1.29, 1.82) is 0 Å². The number of rotatable bonds is 56. The van der Waals surface area contributed by atoms with Crippen LogP contribution >= 0.6 is 0 Å². The molecule has 0 fully saturated rings. The predicted molar refractivity (Wildman–Crippen MR) is 284 cm³/mol. The van der Waals surface area contributed by atoms with Gasteiger partial charge in [-0.3, -0.25) is 14.4 Å². The largest absolute Gasteiger partial charge is 0.462 e. The van der Waals surface area contributed by atoms with Crippen molar-refractivity contribution < 1.29 is 28.6 Å². The monoisotopic (exact) mass is 933 g/mol. The van der Waals surface area contributed by atoms with Crippen LogP contribution < -0.4 is 0 Å². The topological polar surface area (TPSA) is 78.9 Å². The third-order valence-corrected chi connectivity index (χ3v) is 13.9. The van der Waals surface area contributed by atoms with E-state index in [1.807, 2.05) is 0 Å². The first-order chi connectivity index (χ1) is 32.5. The first-order valence-electron chi connectivity index (χ1n) is 30.0. The molecule has 0 saturated heterocycles. The molecule has 0 bridgehead atoms. The molecule has 0 radical (unpaired) electrons. The molecule has 6 heteroatoms. The molecule has 0 rings (SSSR count). The SMILES string of the molecule is CCCCCCCCCCCCCCCCCCCCCCCCCCCCC(=O)OCC(COC(=O)CCCCCCC)OC(=O)CCCCCCCCCCCCCCCCCCC. The van der Waals surface area contributed by atoms with Gasteiger partial charge in [-0.25, -0.2) is 0 Å². The van der Waals surface area contributed by atoms with Crippen molar-refractivity contribution in [2.24, 2.45) is 0 Å². The van der Waals surface area contributed by atoms with E-state index in [1.165, 1.54) is 244 Å². The highest BCUT2D eigenvalue weighted by atomic mass is 16.6. The zero-order valence-electron chi connectivity index (χ0n) is 45.0. The summed E-state index contributed by atoms with van der Waals surface area (Å²) in [6, 6.07) is 0. The minimum atomic E-state index is -0.759. The summed E-state index contributed by atoms with van der Waals surface area (Å²) in [5, 5.41) is 0. The van der Waals surface area contributed by atoms with Gasteiger partial charge in [0.1, 0.15) is 13.2 Å². The quantitative estimate of drug-likeness (QED) is 0.0343. The summed E-state index contributed by atoms with van der Waals surface area (Å²) >= 11 is 0. The lowest BCUT2D eigenvalue weighted by molar-refractivity contribution is -0.167. The van der Waals surface area contributed by atoms with Crippen LogP contribution in [0.3, 0.4) is 0 Å². The van der Waals surface area contributed by atoms with Gasteiger partial charge in [0.2, 0.25) is 0 Å². The second-order valence-corrected chi connectivity index (χ2v) is 20.6. The first kappa shape index (κ1) is 64.4. The van der Waals surface area contributed by atoms with Gasteiger partial charge in [0.15, 0.2) is 6.10 Å². The predicted octanol–water partition coefficient (Wildman–Crippen LogP) is 19.9. The third kappa shape index (κ3) is 53.4. The van der Waals surface area contributed by atoms with Crippen LogP contribution in [0.5, 0.6) is 0 Å². The Labute approximate surface area is 412 Å². The molecule has 0 N–H and O–H groups in total. The number of ether oxygens (including phenoxy) is 3. The second-order valence-electron chi connectivity index (χ2n) is 20.6. The van der Waals surface area contributed by atoms with Crippen LogP contribution in [0.25, 0.3) is 0 Å². The Bertz CT molecular complexity index is 982. The maximum Gasteiger partial charge on any atom is 0.306 e. The summed E-state index contributed by atoms with van der Waals surface area (Å²) in [7, 11) is 0. The van der Waals surface area contributed by atoms with Crippen molar-refractivity contribution in [3.63, 3.8) is 0 Å². The third-order valence-electron chi connectivity index (χ3n) is 13.9. The van der Waals surface area contributed by atoms with Crippen LogP contribution in [0.4, 0.5) is 0 Å². The van der Waals surface area contributed by atoms with Gasteiger partial charge in [0, 0.05) is 19.3 Å².